The van der Waals surface area contributed by atoms with Gasteiger partial charge in [-0.25, -0.2) is 0 Å². The lowest BCUT2D eigenvalue weighted by atomic mass is 10.0. The van der Waals surface area contributed by atoms with Crippen LogP contribution in [0.4, 0.5) is 0 Å². The molecule has 0 saturated carbocycles. The second-order valence-electron chi connectivity index (χ2n) is 4.70. The van der Waals surface area contributed by atoms with Gasteiger partial charge in [0.1, 0.15) is 6.10 Å². The highest BCUT2D eigenvalue weighted by Gasteiger charge is 2.41. The monoisotopic (exact) mass is 248 g/mol. The number of para-hydroxylation sites is 1. The lowest BCUT2D eigenvalue weighted by Crippen LogP contribution is -2.35. The maximum Gasteiger partial charge on any atom is 0.101 e. The third-order valence-electron chi connectivity index (χ3n) is 3.65. The first-order valence-corrected chi connectivity index (χ1v) is 6.01. The van der Waals surface area contributed by atoms with Crippen LogP contribution in [-0.2, 0) is 0 Å². The van der Waals surface area contributed by atoms with Crippen molar-refractivity contribution in [1.82, 2.24) is 10.3 Å². The SMILES string of the molecule is OC[C@@H]1N[C@@H](c2c[nH]c3ccccc23)[C@H](O)[C@H]1O. The lowest BCUT2D eigenvalue weighted by molar-refractivity contribution is 0.0196. The van der Waals surface area contributed by atoms with Crippen molar-refractivity contribution >= 4 is 10.9 Å². The molecular formula is C13H16N2O3. The fourth-order valence-corrected chi connectivity index (χ4v) is 2.65. The summed E-state index contributed by atoms with van der Waals surface area (Å²) in [5.74, 6) is 0. The summed E-state index contributed by atoms with van der Waals surface area (Å²) in [5.41, 5.74) is 1.90. The number of nitrogens with one attached hydrogen (secondary N) is 2. The van der Waals surface area contributed by atoms with E-state index in [1.54, 1.807) is 0 Å². The van der Waals surface area contributed by atoms with Gasteiger partial charge >= 0.3 is 0 Å². The highest BCUT2D eigenvalue weighted by Crippen LogP contribution is 2.32. The molecule has 0 amide bonds. The first-order valence-electron chi connectivity index (χ1n) is 6.01. The Hall–Kier alpha value is -1.40. The molecule has 0 bridgehead atoms. The van der Waals surface area contributed by atoms with E-state index in [0.717, 1.165) is 16.5 Å². The summed E-state index contributed by atoms with van der Waals surface area (Å²) in [6.45, 7) is -0.197. The van der Waals surface area contributed by atoms with Crippen LogP contribution < -0.4 is 5.32 Å². The fourth-order valence-electron chi connectivity index (χ4n) is 2.65. The van der Waals surface area contributed by atoms with Crippen LogP contribution in [0.25, 0.3) is 10.9 Å². The topological polar surface area (TPSA) is 88.5 Å². The highest BCUT2D eigenvalue weighted by atomic mass is 16.3. The maximum absolute atomic E-state index is 10.1. The number of aromatic nitrogens is 1. The Labute approximate surface area is 104 Å². The van der Waals surface area contributed by atoms with E-state index in [0.29, 0.717) is 0 Å². The number of aliphatic hydroxyl groups is 3. The molecule has 1 aromatic heterocycles. The molecule has 5 heteroatoms. The predicted octanol–water partition coefficient (Wildman–Crippen LogP) is -0.105. The number of benzene rings is 1. The van der Waals surface area contributed by atoms with Gasteiger partial charge in [0.25, 0.3) is 0 Å². The van der Waals surface area contributed by atoms with Gasteiger partial charge in [-0.05, 0) is 11.6 Å². The first-order chi connectivity index (χ1) is 8.72. The van der Waals surface area contributed by atoms with Crippen LogP contribution >= 0.6 is 0 Å². The van der Waals surface area contributed by atoms with Crippen LogP contribution in [0.15, 0.2) is 30.5 Å². The third kappa shape index (κ3) is 1.64. The summed E-state index contributed by atoms with van der Waals surface area (Å²) in [7, 11) is 0. The zero-order valence-electron chi connectivity index (χ0n) is 9.74. The van der Waals surface area contributed by atoms with Crippen molar-refractivity contribution in [3.05, 3.63) is 36.0 Å². The van der Waals surface area contributed by atoms with E-state index in [9.17, 15) is 10.2 Å². The van der Waals surface area contributed by atoms with Crippen molar-refractivity contribution in [3.8, 4) is 0 Å². The lowest BCUT2D eigenvalue weighted by Gasteiger charge is -2.15. The van der Waals surface area contributed by atoms with E-state index in [4.69, 9.17) is 5.11 Å². The molecule has 0 aliphatic carbocycles. The zero-order chi connectivity index (χ0) is 12.7. The molecule has 5 nitrogen and oxygen atoms in total. The molecule has 1 aliphatic rings. The van der Waals surface area contributed by atoms with Crippen LogP contribution in [-0.4, -0.2) is 45.2 Å². The Kier molecular flexibility index (Phi) is 2.83. The smallest absolute Gasteiger partial charge is 0.101 e. The number of rotatable bonds is 2. The van der Waals surface area contributed by atoms with E-state index < -0.39 is 18.2 Å². The molecule has 96 valence electrons. The molecule has 0 radical (unpaired) electrons. The van der Waals surface area contributed by atoms with Crippen molar-refractivity contribution in [2.75, 3.05) is 6.61 Å². The summed E-state index contributed by atoms with van der Waals surface area (Å²) >= 11 is 0. The molecular weight excluding hydrogens is 232 g/mol. The number of fused-ring (bicyclic) bond motifs is 1. The molecule has 4 atom stereocenters. The Bertz CT molecular complexity index is 554. The number of hydrogen-bond donors (Lipinski definition) is 5. The van der Waals surface area contributed by atoms with Gasteiger partial charge in [0.2, 0.25) is 0 Å². The highest BCUT2D eigenvalue weighted by molar-refractivity contribution is 5.83. The van der Waals surface area contributed by atoms with Crippen molar-refractivity contribution in [2.24, 2.45) is 0 Å². The van der Waals surface area contributed by atoms with Gasteiger partial charge in [-0.2, -0.15) is 0 Å². The average Bonchev–Trinajstić information content (AvgIpc) is 2.93. The summed E-state index contributed by atoms with van der Waals surface area (Å²) in [4.78, 5) is 3.14. The van der Waals surface area contributed by atoms with Crippen molar-refractivity contribution < 1.29 is 15.3 Å². The molecule has 3 rings (SSSR count). The van der Waals surface area contributed by atoms with Gasteiger partial charge in [0.05, 0.1) is 24.8 Å². The molecule has 5 N–H and O–H groups in total. The minimum atomic E-state index is -0.950. The van der Waals surface area contributed by atoms with Crippen LogP contribution in [0.3, 0.4) is 0 Å². The molecule has 0 spiro atoms. The van der Waals surface area contributed by atoms with Gasteiger partial charge < -0.3 is 25.6 Å². The average molecular weight is 248 g/mol. The van der Waals surface area contributed by atoms with Gasteiger partial charge in [0.15, 0.2) is 0 Å². The zero-order valence-corrected chi connectivity index (χ0v) is 9.74. The van der Waals surface area contributed by atoms with Crippen LogP contribution in [0, 0.1) is 0 Å². The van der Waals surface area contributed by atoms with Crippen LogP contribution in [0.2, 0.25) is 0 Å². The Balaban J connectivity index is 2.00. The Morgan fingerprint density at radius 2 is 1.89 bits per heavy atom. The second kappa shape index (κ2) is 4.37. The van der Waals surface area contributed by atoms with Gasteiger partial charge in [-0.1, -0.05) is 18.2 Å². The van der Waals surface area contributed by atoms with E-state index in [-0.39, 0.29) is 12.6 Å². The first kappa shape index (κ1) is 11.7. The largest absolute Gasteiger partial charge is 0.395 e. The number of H-pyrrole nitrogens is 1. The standard InChI is InChI=1S/C13H16N2O3/c16-6-10-12(17)13(18)11(15-10)8-5-14-9-4-2-1-3-7(8)9/h1-5,10-18H,6H2/t10-,11-,12-,13-/m0/s1. The van der Waals surface area contributed by atoms with E-state index in [2.05, 4.69) is 10.3 Å². The normalized spacial score (nSPS) is 32.2. The van der Waals surface area contributed by atoms with E-state index in [1.807, 2.05) is 30.5 Å². The minimum absolute atomic E-state index is 0.197. The number of hydrogen-bond acceptors (Lipinski definition) is 4. The molecule has 1 fully saturated rings. The molecule has 1 aliphatic heterocycles. The molecule has 18 heavy (non-hydrogen) atoms. The summed E-state index contributed by atoms with van der Waals surface area (Å²) in [6.07, 6.45) is -0.0343. The second-order valence-corrected chi connectivity index (χ2v) is 4.70. The molecule has 0 unspecified atom stereocenters. The Morgan fingerprint density at radius 1 is 1.11 bits per heavy atom. The number of aromatic amines is 1. The summed E-state index contributed by atoms with van der Waals surface area (Å²) in [5, 5.41) is 33.1. The van der Waals surface area contributed by atoms with Crippen molar-refractivity contribution in [1.29, 1.82) is 0 Å². The fraction of sp³-hybridized carbons (Fsp3) is 0.385. The number of aliphatic hydroxyl groups excluding tert-OH is 3. The van der Waals surface area contributed by atoms with Crippen LogP contribution in [0.1, 0.15) is 11.6 Å². The minimum Gasteiger partial charge on any atom is -0.395 e. The Morgan fingerprint density at radius 3 is 2.61 bits per heavy atom. The van der Waals surface area contributed by atoms with Crippen LogP contribution in [0.5, 0.6) is 0 Å². The van der Waals surface area contributed by atoms with E-state index in [1.165, 1.54) is 0 Å². The maximum atomic E-state index is 10.1. The molecule has 1 saturated heterocycles. The van der Waals surface area contributed by atoms with E-state index >= 15 is 0 Å². The van der Waals surface area contributed by atoms with Gasteiger partial charge in [0, 0.05) is 17.1 Å². The molecule has 2 aromatic rings. The van der Waals surface area contributed by atoms with Gasteiger partial charge in [-0.15, -0.1) is 0 Å². The molecule has 2 heterocycles. The molecule has 1 aromatic carbocycles. The quantitative estimate of drug-likeness (QED) is 0.513. The van der Waals surface area contributed by atoms with Gasteiger partial charge in [-0.3, -0.25) is 0 Å². The van der Waals surface area contributed by atoms with Crippen molar-refractivity contribution in [2.45, 2.75) is 24.3 Å². The predicted molar refractivity (Wildman–Crippen MR) is 67.1 cm³/mol. The summed E-state index contributed by atoms with van der Waals surface area (Å²) in [6, 6.07) is 6.94. The third-order valence-corrected chi connectivity index (χ3v) is 3.65. The summed E-state index contributed by atoms with van der Waals surface area (Å²) < 4.78 is 0. The van der Waals surface area contributed by atoms with Crippen molar-refractivity contribution in [3.63, 3.8) is 0 Å².